The highest BCUT2D eigenvalue weighted by Crippen LogP contribution is 2.21. The summed E-state index contributed by atoms with van der Waals surface area (Å²) >= 11 is 0. The van der Waals surface area contributed by atoms with Crippen molar-refractivity contribution in [3.05, 3.63) is 0 Å². The number of methoxy groups -OCH3 is 2. The van der Waals surface area contributed by atoms with E-state index in [0.29, 0.717) is 0 Å². The van der Waals surface area contributed by atoms with Crippen molar-refractivity contribution in [2.45, 2.75) is 38.5 Å². The highest BCUT2D eigenvalue weighted by Gasteiger charge is 2.47. The topological polar surface area (TPSA) is 96.4 Å². The standard InChI is InChI=1S/C14H24N2O6/c1-9-6-15(12(18)14(3,22-5)13(19)20)7-10(2)16(9)11(17)8-21-4/h9-10H,6-8H2,1-5H3,(H,19,20). The summed E-state index contributed by atoms with van der Waals surface area (Å²) in [4.78, 5) is 38.9. The lowest BCUT2D eigenvalue weighted by molar-refractivity contribution is -0.176. The van der Waals surface area contributed by atoms with Crippen molar-refractivity contribution in [1.29, 1.82) is 0 Å². The third-order valence-corrected chi connectivity index (χ3v) is 3.99. The summed E-state index contributed by atoms with van der Waals surface area (Å²) in [7, 11) is 2.64. The van der Waals surface area contributed by atoms with Crippen molar-refractivity contribution < 1.29 is 29.0 Å². The zero-order chi connectivity index (χ0) is 17.1. The number of aliphatic carboxylic acids is 1. The maximum Gasteiger partial charge on any atom is 0.345 e. The van der Waals surface area contributed by atoms with Gasteiger partial charge in [-0.3, -0.25) is 9.59 Å². The Morgan fingerprint density at radius 3 is 2.05 bits per heavy atom. The molecule has 0 spiro atoms. The molecular formula is C14H24N2O6. The molecule has 1 N–H and O–H groups in total. The first-order chi connectivity index (χ1) is 10.2. The lowest BCUT2D eigenvalue weighted by Crippen LogP contribution is -2.64. The van der Waals surface area contributed by atoms with Gasteiger partial charge in [0.25, 0.3) is 5.91 Å². The third kappa shape index (κ3) is 3.38. The average molecular weight is 316 g/mol. The van der Waals surface area contributed by atoms with Crippen LogP contribution in [-0.2, 0) is 23.9 Å². The predicted molar refractivity (Wildman–Crippen MR) is 77.3 cm³/mol. The molecule has 0 saturated carbocycles. The van der Waals surface area contributed by atoms with E-state index in [1.54, 1.807) is 4.90 Å². The van der Waals surface area contributed by atoms with Gasteiger partial charge < -0.3 is 24.4 Å². The predicted octanol–water partition coefficient (Wildman–Crippen LogP) is -0.430. The molecule has 0 radical (unpaired) electrons. The Kier molecular flexibility index (Phi) is 5.90. The number of nitrogens with zero attached hydrogens (tertiary/aromatic N) is 2. The summed E-state index contributed by atoms with van der Waals surface area (Å²) in [6, 6.07) is -0.462. The van der Waals surface area contributed by atoms with Gasteiger partial charge in [0.2, 0.25) is 11.5 Å². The van der Waals surface area contributed by atoms with Crippen LogP contribution in [0.1, 0.15) is 20.8 Å². The van der Waals surface area contributed by atoms with Crippen LogP contribution >= 0.6 is 0 Å². The third-order valence-electron chi connectivity index (χ3n) is 3.99. The number of piperazine rings is 1. The van der Waals surface area contributed by atoms with E-state index in [1.807, 2.05) is 13.8 Å². The van der Waals surface area contributed by atoms with Crippen molar-refractivity contribution in [3.8, 4) is 0 Å². The van der Waals surface area contributed by atoms with Gasteiger partial charge in [0, 0.05) is 39.4 Å². The van der Waals surface area contributed by atoms with E-state index < -0.39 is 17.5 Å². The molecule has 1 heterocycles. The minimum absolute atomic E-state index is 0.0203. The number of carbonyl (C=O) groups is 3. The van der Waals surface area contributed by atoms with Crippen molar-refractivity contribution in [1.82, 2.24) is 9.80 Å². The fourth-order valence-electron chi connectivity index (χ4n) is 2.75. The molecule has 1 rings (SSSR count). The van der Waals surface area contributed by atoms with Gasteiger partial charge in [-0.2, -0.15) is 0 Å². The van der Waals surface area contributed by atoms with Crippen LogP contribution in [0.15, 0.2) is 0 Å². The van der Waals surface area contributed by atoms with Crippen molar-refractivity contribution in [2.24, 2.45) is 0 Å². The summed E-state index contributed by atoms with van der Waals surface area (Å²) in [5.74, 6) is -2.10. The Balaban J connectivity index is 2.89. The van der Waals surface area contributed by atoms with Crippen LogP contribution in [0.4, 0.5) is 0 Å². The molecule has 22 heavy (non-hydrogen) atoms. The highest BCUT2D eigenvalue weighted by atomic mass is 16.5. The lowest BCUT2D eigenvalue weighted by atomic mass is 10.0. The van der Waals surface area contributed by atoms with Gasteiger partial charge in [-0.05, 0) is 20.8 Å². The number of ether oxygens (including phenoxy) is 2. The Morgan fingerprint density at radius 1 is 1.18 bits per heavy atom. The Labute approximate surface area is 130 Å². The zero-order valence-corrected chi connectivity index (χ0v) is 13.7. The Morgan fingerprint density at radius 2 is 1.68 bits per heavy atom. The molecule has 0 aromatic heterocycles. The first-order valence-corrected chi connectivity index (χ1v) is 7.07. The van der Waals surface area contributed by atoms with Crippen LogP contribution in [0.2, 0.25) is 0 Å². The Hall–Kier alpha value is -1.67. The smallest absolute Gasteiger partial charge is 0.345 e. The fourth-order valence-corrected chi connectivity index (χ4v) is 2.75. The number of hydrogen-bond acceptors (Lipinski definition) is 5. The summed E-state index contributed by atoms with van der Waals surface area (Å²) in [6.45, 7) is 5.35. The second kappa shape index (κ2) is 7.06. The van der Waals surface area contributed by atoms with Crippen molar-refractivity contribution in [2.75, 3.05) is 33.9 Å². The zero-order valence-electron chi connectivity index (χ0n) is 13.7. The van der Waals surface area contributed by atoms with Gasteiger partial charge in [-0.25, -0.2) is 4.79 Å². The van der Waals surface area contributed by atoms with E-state index in [-0.39, 0.29) is 37.7 Å². The van der Waals surface area contributed by atoms with Crippen molar-refractivity contribution in [3.63, 3.8) is 0 Å². The first kappa shape index (κ1) is 18.4. The molecule has 1 saturated heterocycles. The molecule has 0 aromatic carbocycles. The molecule has 0 aliphatic carbocycles. The number of carboxylic acids is 1. The van der Waals surface area contributed by atoms with E-state index in [1.165, 1.54) is 26.0 Å². The quantitative estimate of drug-likeness (QED) is 0.691. The minimum atomic E-state index is -1.92. The molecular weight excluding hydrogens is 292 g/mol. The fraction of sp³-hybridized carbons (Fsp3) is 0.786. The molecule has 126 valence electrons. The molecule has 3 unspecified atom stereocenters. The van der Waals surface area contributed by atoms with E-state index in [4.69, 9.17) is 9.47 Å². The number of amides is 2. The molecule has 1 fully saturated rings. The lowest BCUT2D eigenvalue weighted by Gasteiger charge is -2.45. The maximum atomic E-state index is 12.5. The van der Waals surface area contributed by atoms with Gasteiger partial charge in [-0.15, -0.1) is 0 Å². The van der Waals surface area contributed by atoms with E-state index in [9.17, 15) is 19.5 Å². The maximum absolute atomic E-state index is 12.5. The molecule has 8 heteroatoms. The normalized spacial score (nSPS) is 24.8. The SMILES string of the molecule is COCC(=O)N1C(C)CN(C(=O)C(C)(OC)C(=O)O)CC1C. The summed E-state index contributed by atoms with van der Waals surface area (Å²) < 4.78 is 9.77. The molecule has 1 aliphatic heterocycles. The molecule has 3 atom stereocenters. The van der Waals surface area contributed by atoms with Crippen LogP contribution < -0.4 is 0 Å². The summed E-state index contributed by atoms with van der Waals surface area (Å²) in [5, 5.41) is 9.22. The van der Waals surface area contributed by atoms with Gasteiger partial charge >= 0.3 is 5.97 Å². The molecule has 1 aliphatic rings. The second-order valence-electron chi connectivity index (χ2n) is 5.68. The second-order valence-corrected chi connectivity index (χ2v) is 5.68. The number of rotatable bonds is 5. The number of carbonyl (C=O) groups excluding carboxylic acids is 2. The van der Waals surface area contributed by atoms with Gasteiger partial charge in [0.15, 0.2) is 0 Å². The van der Waals surface area contributed by atoms with Crippen LogP contribution in [0.3, 0.4) is 0 Å². The molecule has 8 nitrogen and oxygen atoms in total. The van der Waals surface area contributed by atoms with Crippen molar-refractivity contribution >= 4 is 17.8 Å². The van der Waals surface area contributed by atoms with Crippen LogP contribution in [-0.4, -0.2) is 84.3 Å². The summed E-state index contributed by atoms with van der Waals surface area (Å²) in [5.41, 5.74) is -1.92. The first-order valence-electron chi connectivity index (χ1n) is 7.07. The summed E-state index contributed by atoms with van der Waals surface area (Å²) in [6.07, 6.45) is 0. The van der Waals surface area contributed by atoms with E-state index >= 15 is 0 Å². The van der Waals surface area contributed by atoms with Crippen LogP contribution in [0.5, 0.6) is 0 Å². The van der Waals surface area contributed by atoms with Gasteiger partial charge in [0.05, 0.1) is 0 Å². The molecule has 0 aromatic rings. The monoisotopic (exact) mass is 316 g/mol. The number of carboxylic acid groups (broad SMARTS) is 1. The molecule has 2 amide bonds. The van der Waals surface area contributed by atoms with Crippen LogP contribution in [0, 0.1) is 0 Å². The van der Waals surface area contributed by atoms with Gasteiger partial charge in [0.1, 0.15) is 6.61 Å². The number of hydrogen-bond donors (Lipinski definition) is 1. The highest BCUT2D eigenvalue weighted by molar-refractivity contribution is 6.05. The minimum Gasteiger partial charge on any atom is -0.479 e. The average Bonchev–Trinajstić information content (AvgIpc) is 2.44. The Bertz CT molecular complexity index is 443. The van der Waals surface area contributed by atoms with E-state index in [0.717, 1.165) is 0 Å². The van der Waals surface area contributed by atoms with Gasteiger partial charge in [-0.1, -0.05) is 0 Å². The largest absolute Gasteiger partial charge is 0.479 e. The van der Waals surface area contributed by atoms with Crippen LogP contribution in [0.25, 0.3) is 0 Å². The van der Waals surface area contributed by atoms with E-state index in [2.05, 4.69) is 0 Å². The molecule has 0 bridgehead atoms.